The van der Waals surface area contributed by atoms with Crippen molar-refractivity contribution in [1.82, 2.24) is 28.9 Å². The van der Waals surface area contributed by atoms with Crippen LogP contribution in [0.1, 0.15) is 112 Å². The lowest BCUT2D eigenvalue weighted by atomic mass is 9.59. The Labute approximate surface area is 403 Å². The highest BCUT2D eigenvalue weighted by atomic mass is 32.2. The van der Waals surface area contributed by atoms with E-state index >= 15 is 0 Å². The van der Waals surface area contributed by atoms with Crippen LogP contribution in [0.3, 0.4) is 0 Å². The fourth-order valence-corrected chi connectivity index (χ4v) is 13.0. The first-order valence-corrected chi connectivity index (χ1v) is 27.5. The number of H-pyrrole nitrogens is 1. The van der Waals surface area contributed by atoms with Gasteiger partial charge in [0, 0.05) is 80.8 Å². The molecule has 366 valence electrons. The zero-order valence-electron chi connectivity index (χ0n) is 39.4. The van der Waals surface area contributed by atoms with Crippen LogP contribution in [0, 0.1) is 26.9 Å². The number of carbonyl (C=O) groups excluding carboxylic acids is 1. The van der Waals surface area contributed by atoms with Crippen molar-refractivity contribution in [2.45, 2.75) is 101 Å². The summed E-state index contributed by atoms with van der Waals surface area (Å²) in [5.41, 5.74) is 3.93. The number of carbonyl (C=O) groups is 1. The number of nitro groups is 1. The summed E-state index contributed by atoms with van der Waals surface area (Å²) in [5.74, 6) is 0.302. The second kappa shape index (κ2) is 18.3. The Morgan fingerprint density at radius 3 is 2.35 bits per heavy atom. The van der Waals surface area contributed by atoms with Gasteiger partial charge in [0.15, 0.2) is 0 Å². The molecule has 3 saturated carbocycles. The van der Waals surface area contributed by atoms with Gasteiger partial charge in [-0.15, -0.1) is 0 Å². The van der Waals surface area contributed by atoms with Crippen LogP contribution in [0.15, 0.2) is 84.1 Å². The lowest BCUT2D eigenvalue weighted by Gasteiger charge is -2.58. The molecule has 5 aromatic rings. The van der Waals surface area contributed by atoms with Crippen LogP contribution in [-0.2, 0) is 20.0 Å². The lowest BCUT2D eigenvalue weighted by Crippen LogP contribution is -2.60. The average molecular weight is 980 g/mol. The first kappa shape index (κ1) is 47.1. The van der Waals surface area contributed by atoms with Crippen LogP contribution in [0.2, 0.25) is 0 Å². The maximum absolute atomic E-state index is 14.0. The molecule has 2 saturated heterocycles. The van der Waals surface area contributed by atoms with Crippen LogP contribution >= 0.6 is 0 Å². The molecule has 3 aromatic heterocycles. The predicted octanol–water partition coefficient (Wildman–Crippen LogP) is 8.35. The van der Waals surface area contributed by atoms with Crippen molar-refractivity contribution in [3.05, 3.63) is 106 Å². The Balaban J connectivity index is 0.840. The number of sulfonamides is 2. The average Bonchev–Trinajstić information content (AvgIpc) is 4.06. The number of hydrogen-bond acceptors (Lipinski definition) is 13. The van der Waals surface area contributed by atoms with Gasteiger partial charge < -0.3 is 19.9 Å². The van der Waals surface area contributed by atoms with E-state index in [1.807, 2.05) is 6.07 Å². The van der Waals surface area contributed by atoms with Crippen molar-refractivity contribution in [3.8, 4) is 11.5 Å². The van der Waals surface area contributed by atoms with E-state index in [1.54, 1.807) is 28.7 Å². The summed E-state index contributed by atoms with van der Waals surface area (Å²) >= 11 is 0. The van der Waals surface area contributed by atoms with E-state index in [9.17, 15) is 31.7 Å². The van der Waals surface area contributed by atoms with Gasteiger partial charge in [-0.1, -0.05) is 38.1 Å². The largest absolute Gasteiger partial charge is 0.455 e. The highest BCUT2D eigenvalue weighted by Gasteiger charge is 2.51. The van der Waals surface area contributed by atoms with Gasteiger partial charge in [-0.25, -0.2) is 31.5 Å². The fourth-order valence-electron chi connectivity index (χ4n) is 11.3. The van der Waals surface area contributed by atoms with Gasteiger partial charge in [-0.05, 0) is 122 Å². The zero-order chi connectivity index (χ0) is 48.3. The number of piperazine rings is 1. The Hall–Kier alpha value is -5.63. The molecule has 69 heavy (non-hydrogen) atoms. The summed E-state index contributed by atoms with van der Waals surface area (Å²) in [7, 11) is -7.97. The van der Waals surface area contributed by atoms with Gasteiger partial charge in [0.1, 0.15) is 22.0 Å². The SMILES string of the molecule is CC1(C)CCC(CNc2ncc(S(=O)(=O)NC(=O)c3ccc(N4CCC5(CC4)CC(N4CCN(S(C)(=O)=O)C[C@H]4c4ccccc4C4CC4)C5)cc3Oc3cnc4[nH]ccc4c3)cc2[N+](=O)[O-])CC1. The number of ether oxygens (including phenoxy) is 1. The maximum atomic E-state index is 14.0. The summed E-state index contributed by atoms with van der Waals surface area (Å²) < 4.78 is 63.2. The van der Waals surface area contributed by atoms with Crippen molar-refractivity contribution in [1.29, 1.82) is 0 Å². The number of nitrogens with one attached hydrogen (secondary N) is 3. The quantitative estimate of drug-likeness (QED) is 0.0706. The Bertz CT molecular complexity index is 2990. The van der Waals surface area contributed by atoms with Gasteiger partial charge >= 0.3 is 5.69 Å². The first-order chi connectivity index (χ1) is 32.9. The van der Waals surface area contributed by atoms with E-state index in [0.717, 1.165) is 87.8 Å². The molecule has 17 nitrogen and oxygen atoms in total. The highest BCUT2D eigenvalue weighted by molar-refractivity contribution is 7.90. The maximum Gasteiger partial charge on any atom is 0.312 e. The van der Waals surface area contributed by atoms with Crippen LogP contribution in [0.5, 0.6) is 11.5 Å². The van der Waals surface area contributed by atoms with Gasteiger partial charge in [-0.3, -0.25) is 19.8 Å². The molecule has 5 fully saturated rings. The molecular weight excluding hydrogens is 919 g/mol. The number of aromatic nitrogens is 3. The molecule has 0 radical (unpaired) electrons. The monoisotopic (exact) mass is 979 g/mol. The molecule has 1 atom stereocenters. The molecule has 19 heteroatoms. The van der Waals surface area contributed by atoms with Crippen molar-refractivity contribution >= 4 is 54.2 Å². The second-order valence-electron chi connectivity index (χ2n) is 20.9. The fraction of sp³-hybridized carbons (Fsp3) is 0.500. The van der Waals surface area contributed by atoms with E-state index in [-0.39, 0.29) is 34.0 Å². The summed E-state index contributed by atoms with van der Waals surface area (Å²) in [6.45, 7) is 8.11. The van der Waals surface area contributed by atoms with E-state index in [0.29, 0.717) is 55.5 Å². The molecular formula is C50H61N9O8S2. The lowest BCUT2D eigenvalue weighted by molar-refractivity contribution is -0.384. The molecule has 3 aliphatic carbocycles. The number of fused-ring (bicyclic) bond motifs is 1. The van der Waals surface area contributed by atoms with Crippen molar-refractivity contribution in [2.75, 3.05) is 55.7 Å². The number of anilines is 2. The van der Waals surface area contributed by atoms with Crippen LogP contribution in [0.25, 0.3) is 11.0 Å². The molecule has 0 unspecified atom stereocenters. The Morgan fingerprint density at radius 1 is 0.899 bits per heavy atom. The number of amides is 1. The molecule has 3 N–H and O–H groups in total. The molecule has 10 rings (SSSR count). The summed E-state index contributed by atoms with van der Waals surface area (Å²) in [6, 6.07) is 18.6. The third kappa shape index (κ3) is 10.1. The number of piperidine rings is 1. The topological polar surface area (TPSA) is 213 Å². The van der Waals surface area contributed by atoms with Gasteiger partial charge in [0.2, 0.25) is 15.8 Å². The number of nitrogens with zero attached hydrogens (tertiary/aromatic N) is 6. The molecule has 0 bridgehead atoms. The predicted molar refractivity (Wildman–Crippen MR) is 264 cm³/mol. The van der Waals surface area contributed by atoms with Crippen LogP contribution in [0.4, 0.5) is 17.2 Å². The van der Waals surface area contributed by atoms with Crippen molar-refractivity contribution in [3.63, 3.8) is 0 Å². The molecule has 2 aliphatic heterocycles. The van der Waals surface area contributed by atoms with Crippen molar-refractivity contribution < 1.29 is 31.3 Å². The minimum atomic E-state index is -4.63. The zero-order valence-corrected chi connectivity index (χ0v) is 41.0. The number of hydrogen-bond donors (Lipinski definition) is 3. The third-order valence-corrected chi connectivity index (χ3v) is 18.2. The minimum Gasteiger partial charge on any atom is -0.455 e. The highest BCUT2D eigenvalue weighted by Crippen LogP contribution is 2.54. The summed E-state index contributed by atoms with van der Waals surface area (Å²) in [5, 5.41) is 16.0. The van der Waals surface area contributed by atoms with Gasteiger partial charge in [0.25, 0.3) is 15.9 Å². The standard InChI is InChI=1S/C50H61N9O8S2/c1-49(2)15-12-33(13-16-49)29-52-47-43(59(61)62)26-39(31-54-47)69(65,66)55-48(60)42-11-10-36(25-45(42)67-38-24-35-14-19-51-46(35)53-30-38)56-20-17-50(18-21-56)27-37(28-50)58-23-22-57(68(3,63)64)32-44(58)41-7-5-4-6-40(41)34-8-9-34/h4-7,10-11,14,19,24-26,30-31,33-34,37,44H,8-9,12-13,15-18,20-23,27-29,32H2,1-3H3,(H,51,53)(H,52,54)(H,55,60)/t44-/m0/s1. The minimum absolute atomic E-state index is 0.00650. The van der Waals surface area contributed by atoms with E-state index in [1.165, 1.54) is 42.5 Å². The molecule has 2 aromatic carbocycles. The van der Waals surface area contributed by atoms with Crippen LogP contribution in [-0.4, -0.2) is 103 Å². The Kier molecular flexibility index (Phi) is 12.5. The van der Waals surface area contributed by atoms with E-state index in [4.69, 9.17) is 4.74 Å². The number of benzene rings is 2. The number of pyridine rings is 2. The molecule has 1 spiro atoms. The molecule has 5 heterocycles. The van der Waals surface area contributed by atoms with Gasteiger partial charge in [-0.2, -0.15) is 4.31 Å². The van der Waals surface area contributed by atoms with E-state index < -0.39 is 41.5 Å². The summed E-state index contributed by atoms with van der Waals surface area (Å²) in [6.07, 6.45) is 16.0. The number of rotatable bonds is 14. The normalized spacial score (nSPS) is 21.5. The third-order valence-electron chi connectivity index (χ3n) is 15.6. The summed E-state index contributed by atoms with van der Waals surface area (Å²) in [4.78, 5) is 41.5. The molecule has 1 amide bonds. The first-order valence-electron chi connectivity index (χ1n) is 24.2. The van der Waals surface area contributed by atoms with E-state index in [2.05, 4.69) is 72.9 Å². The number of aromatic amines is 1. The van der Waals surface area contributed by atoms with Crippen LogP contribution < -0.4 is 19.7 Å². The smallest absolute Gasteiger partial charge is 0.312 e. The Morgan fingerprint density at radius 2 is 1.64 bits per heavy atom. The second-order valence-corrected chi connectivity index (χ2v) is 24.6. The molecule has 5 aliphatic rings. The van der Waals surface area contributed by atoms with Crippen molar-refractivity contribution in [2.24, 2.45) is 16.7 Å². The van der Waals surface area contributed by atoms with Gasteiger partial charge in [0.05, 0.1) is 29.1 Å².